The van der Waals surface area contributed by atoms with Crippen LogP contribution in [0.25, 0.3) is 22.2 Å². The Morgan fingerprint density at radius 2 is 1.73 bits per heavy atom. The van der Waals surface area contributed by atoms with Gasteiger partial charge in [-0.2, -0.15) is 5.10 Å². The largest absolute Gasteiger partial charge is 0.370 e. The number of H-pyrrole nitrogens is 1. The van der Waals surface area contributed by atoms with Crippen molar-refractivity contribution in [1.29, 1.82) is 0 Å². The maximum absolute atomic E-state index is 13.8. The van der Waals surface area contributed by atoms with E-state index in [-0.39, 0.29) is 17.7 Å². The second kappa shape index (κ2) is 8.68. The van der Waals surface area contributed by atoms with E-state index in [9.17, 15) is 22.0 Å². The Morgan fingerprint density at radius 1 is 1.06 bits per heavy atom. The van der Waals surface area contributed by atoms with Gasteiger partial charge in [0.05, 0.1) is 22.3 Å². The second-order valence-electron chi connectivity index (χ2n) is 7.64. The molecule has 2 aromatic heterocycles. The number of aromatic amines is 1. The first-order valence-corrected chi connectivity index (χ1v) is 11.4. The first kappa shape index (κ1) is 22.5. The van der Waals surface area contributed by atoms with Gasteiger partial charge in [-0.05, 0) is 47.9 Å². The van der Waals surface area contributed by atoms with Gasteiger partial charge in [-0.3, -0.25) is 9.89 Å². The van der Waals surface area contributed by atoms with Crippen molar-refractivity contribution in [3.8, 4) is 11.1 Å². The number of nitrogens with two attached hydrogens (primary N) is 2. The molecular formula is C22H19F2N5O3S. The quantitative estimate of drug-likeness (QED) is 0.379. The fourth-order valence-corrected chi connectivity index (χ4v) is 4.30. The number of carbonyl (C=O) groups excluding carboxylic acids is 1. The molecule has 4 rings (SSSR count). The molecule has 8 nitrogen and oxygen atoms in total. The summed E-state index contributed by atoms with van der Waals surface area (Å²) in [5.41, 5.74) is 8.58. The number of rotatable bonds is 7. The molecule has 4 aromatic rings. The molecule has 0 bridgehead atoms. The molecule has 0 aliphatic carbocycles. The molecule has 0 spiro atoms. The Labute approximate surface area is 187 Å². The van der Waals surface area contributed by atoms with Gasteiger partial charge in [-0.25, -0.2) is 27.3 Å². The number of aromatic nitrogens is 3. The lowest BCUT2D eigenvalue weighted by Gasteiger charge is -2.19. The number of primary amides is 1. The van der Waals surface area contributed by atoms with Crippen LogP contribution in [0.1, 0.15) is 23.6 Å². The van der Waals surface area contributed by atoms with Crippen molar-refractivity contribution < 1.29 is 22.0 Å². The number of hydrogen-bond donors (Lipinski definition) is 3. The Kier molecular flexibility index (Phi) is 5.91. The summed E-state index contributed by atoms with van der Waals surface area (Å²) in [6.07, 6.45) is 1.48. The van der Waals surface area contributed by atoms with Crippen molar-refractivity contribution in [2.24, 2.45) is 10.9 Å². The normalized spacial score (nSPS) is 12.7. The second-order valence-corrected chi connectivity index (χ2v) is 9.20. The summed E-state index contributed by atoms with van der Waals surface area (Å²) >= 11 is 0. The molecule has 1 atom stereocenters. The van der Waals surface area contributed by atoms with Crippen LogP contribution >= 0.6 is 0 Å². The molecule has 2 heterocycles. The van der Waals surface area contributed by atoms with Gasteiger partial charge in [-0.1, -0.05) is 12.1 Å². The minimum atomic E-state index is -3.88. The monoisotopic (exact) mass is 471 g/mol. The fraction of sp³-hybridized carbons (Fsp3) is 0.136. The third-order valence-corrected chi connectivity index (χ3v) is 6.12. The van der Waals surface area contributed by atoms with E-state index in [1.54, 1.807) is 18.2 Å². The smallest absolute Gasteiger partial charge is 0.238 e. The first-order valence-electron chi connectivity index (χ1n) is 9.80. The highest BCUT2D eigenvalue weighted by atomic mass is 32.2. The summed E-state index contributed by atoms with van der Waals surface area (Å²) in [5, 5.41) is 12.0. The average molecular weight is 471 g/mol. The molecule has 0 fully saturated rings. The van der Waals surface area contributed by atoms with Crippen LogP contribution in [0.15, 0.2) is 59.6 Å². The molecule has 170 valence electrons. The van der Waals surface area contributed by atoms with E-state index < -0.39 is 33.5 Å². The summed E-state index contributed by atoms with van der Waals surface area (Å²) in [7, 11) is -3.88. The van der Waals surface area contributed by atoms with Gasteiger partial charge in [0.1, 0.15) is 17.2 Å². The van der Waals surface area contributed by atoms with E-state index in [1.807, 2.05) is 0 Å². The minimum Gasteiger partial charge on any atom is -0.370 e. The zero-order valence-electron chi connectivity index (χ0n) is 17.1. The van der Waals surface area contributed by atoms with Crippen LogP contribution in [0, 0.1) is 11.6 Å². The number of amides is 1. The predicted molar refractivity (Wildman–Crippen MR) is 117 cm³/mol. The fourth-order valence-electron chi connectivity index (χ4n) is 3.78. The number of halogens is 2. The number of nitrogens with one attached hydrogen (secondary N) is 1. The Morgan fingerprint density at radius 3 is 2.33 bits per heavy atom. The lowest BCUT2D eigenvalue weighted by Crippen LogP contribution is -2.18. The van der Waals surface area contributed by atoms with Crippen molar-refractivity contribution in [1.82, 2.24) is 15.2 Å². The van der Waals surface area contributed by atoms with E-state index in [0.717, 1.165) is 6.07 Å². The van der Waals surface area contributed by atoms with Crippen molar-refractivity contribution in [3.63, 3.8) is 0 Å². The van der Waals surface area contributed by atoms with E-state index >= 15 is 0 Å². The lowest BCUT2D eigenvalue weighted by atomic mass is 9.87. The number of nitrogens with zero attached hydrogens (tertiary/aromatic N) is 2. The highest BCUT2D eigenvalue weighted by Gasteiger charge is 2.23. The molecule has 11 heteroatoms. The molecule has 0 aliphatic heterocycles. The minimum absolute atomic E-state index is 0.0627. The summed E-state index contributed by atoms with van der Waals surface area (Å²) in [5.74, 6) is -2.70. The molecule has 5 N–H and O–H groups in total. The van der Waals surface area contributed by atoms with Crippen LogP contribution in [0.2, 0.25) is 0 Å². The molecule has 0 radical (unpaired) electrons. The molecule has 0 unspecified atom stereocenters. The van der Waals surface area contributed by atoms with E-state index in [0.29, 0.717) is 33.4 Å². The molecule has 0 saturated carbocycles. The zero-order chi connectivity index (χ0) is 23.8. The van der Waals surface area contributed by atoms with Crippen molar-refractivity contribution >= 4 is 27.0 Å². The predicted octanol–water partition coefficient (Wildman–Crippen LogP) is 2.75. The van der Waals surface area contributed by atoms with Gasteiger partial charge in [0.2, 0.25) is 15.9 Å². The average Bonchev–Trinajstić information content (AvgIpc) is 3.18. The van der Waals surface area contributed by atoms with Gasteiger partial charge >= 0.3 is 0 Å². The Balaban J connectivity index is 1.86. The zero-order valence-corrected chi connectivity index (χ0v) is 17.9. The molecule has 0 aliphatic rings. The summed E-state index contributed by atoms with van der Waals surface area (Å²) in [6, 6.07) is 10.7. The SMILES string of the molecule is NC(=O)C[C@H](Cc1cc(F)cc(F)c1)c1nc2cn[nH]c2cc1-c1ccc(S(N)(=O)=O)cc1. The molecule has 0 saturated heterocycles. The molecule has 2 aromatic carbocycles. The number of hydrogen-bond acceptors (Lipinski definition) is 5. The first-order chi connectivity index (χ1) is 15.6. The topological polar surface area (TPSA) is 145 Å². The van der Waals surface area contributed by atoms with Crippen molar-refractivity contribution in [2.45, 2.75) is 23.7 Å². The maximum atomic E-state index is 13.8. The maximum Gasteiger partial charge on any atom is 0.238 e. The molecular weight excluding hydrogens is 452 g/mol. The third-order valence-electron chi connectivity index (χ3n) is 5.19. The number of primary sulfonamides is 1. The van der Waals surface area contributed by atoms with Crippen LogP contribution in [-0.4, -0.2) is 29.5 Å². The van der Waals surface area contributed by atoms with Crippen LogP contribution in [0.4, 0.5) is 8.78 Å². The van der Waals surface area contributed by atoms with Gasteiger partial charge < -0.3 is 5.73 Å². The van der Waals surface area contributed by atoms with Crippen molar-refractivity contribution in [3.05, 3.63) is 77.6 Å². The summed E-state index contributed by atoms with van der Waals surface area (Å²) < 4.78 is 50.8. The van der Waals surface area contributed by atoms with Crippen LogP contribution < -0.4 is 10.9 Å². The number of sulfonamides is 1. The van der Waals surface area contributed by atoms with Gasteiger partial charge in [0, 0.05) is 24.0 Å². The Hall–Kier alpha value is -3.70. The number of pyridine rings is 1. The number of fused-ring (bicyclic) bond motifs is 1. The van der Waals surface area contributed by atoms with E-state index in [1.165, 1.54) is 30.5 Å². The third kappa shape index (κ3) is 5.04. The van der Waals surface area contributed by atoms with Gasteiger partial charge in [0.15, 0.2) is 0 Å². The number of benzene rings is 2. The lowest BCUT2D eigenvalue weighted by molar-refractivity contribution is -0.118. The Bertz CT molecular complexity index is 1430. The van der Waals surface area contributed by atoms with Crippen LogP contribution in [-0.2, 0) is 21.2 Å². The van der Waals surface area contributed by atoms with Gasteiger partial charge in [0.25, 0.3) is 0 Å². The molecule has 33 heavy (non-hydrogen) atoms. The van der Waals surface area contributed by atoms with E-state index in [2.05, 4.69) is 15.2 Å². The van der Waals surface area contributed by atoms with Crippen molar-refractivity contribution in [2.75, 3.05) is 0 Å². The summed E-state index contributed by atoms with van der Waals surface area (Å²) in [4.78, 5) is 16.5. The van der Waals surface area contributed by atoms with E-state index in [4.69, 9.17) is 10.9 Å². The highest BCUT2D eigenvalue weighted by Crippen LogP contribution is 2.34. The highest BCUT2D eigenvalue weighted by molar-refractivity contribution is 7.89. The van der Waals surface area contributed by atoms with Crippen LogP contribution in [0.3, 0.4) is 0 Å². The number of carbonyl (C=O) groups is 1. The van der Waals surface area contributed by atoms with Crippen LogP contribution in [0.5, 0.6) is 0 Å². The van der Waals surface area contributed by atoms with Gasteiger partial charge in [-0.15, -0.1) is 0 Å². The molecule has 1 amide bonds. The summed E-state index contributed by atoms with van der Waals surface area (Å²) in [6.45, 7) is 0. The standard InChI is InChI=1S/C22H19F2N5O3S/c23-15-6-12(7-16(24)9-15)5-14(8-21(25)30)22-18(10-19-20(28-22)11-27-29-19)13-1-3-17(4-2-13)33(26,31)32/h1-4,6-7,9-11,14H,5,8H2,(H2,25,30)(H,27,29)(H2,26,31,32)/t14-/m0/s1.